The molecule has 0 spiro atoms. The Morgan fingerprint density at radius 3 is 2.75 bits per heavy atom. The lowest BCUT2D eigenvalue weighted by Gasteiger charge is -2.12. The molecule has 5 nitrogen and oxygen atoms in total. The van der Waals surface area contributed by atoms with Crippen molar-refractivity contribution in [3.05, 3.63) is 65.2 Å². The predicted octanol–water partition coefficient (Wildman–Crippen LogP) is 2.07. The second-order valence-corrected chi connectivity index (χ2v) is 7.67. The summed E-state index contributed by atoms with van der Waals surface area (Å²) in [5.41, 5.74) is 3.31. The summed E-state index contributed by atoms with van der Waals surface area (Å²) >= 11 is 0. The fourth-order valence-corrected chi connectivity index (χ4v) is 3.77. The molecule has 3 rings (SSSR count). The Morgan fingerprint density at radius 1 is 1.17 bits per heavy atom. The summed E-state index contributed by atoms with van der Waals surface area (Å²) in [5.74, 6) is 0.231. The molecule has 0 unspecified atom stereocenters. The van der Waals surface area contributed by atoms with Gasteiger partial charge >= 0.3 is 0 Å². The molecule has 3 N–H and O–H groups in total. The van der Waals surface area contributed by atoms with Crippen molar-refractivity contribution in [1.29, 1.82) is 0 Å². The molecule has 1 aliphatic carbocycles. The molecule has 126 valence electrons. The SMILES string of the molecule is NS(=O)(=O)c1cccc(CNC(=O)C[C@@H]2CCc3ccccc32)c1. The van der Waals surface area contributed by atoms with Crippen LogP contribution < -0.4 is 10.5 Å². The molecular formula is C18H20N2O3S. The zero-order chi connectivity index (χ0) is 17.2. The molecular weight excluding hydrogens is 324 g/mol. The molecule has 0 aliphatic heterocycles. The fourth-order valence-electron chi connectivity index (χ4n) is 3.19. The summed E-state index contributed by atoms with van der Waals surface area (Å²) in [6.07, 6.45) is 2.46. The van der Waals surface area contributed by atoms with Crippen molar-refractivity contribution in [1.82, 2.24) is 5.32 Å². The molecule has 2 aromatic rings. The van der Waals surface area contributed by atoms with Gasteiger partial charge in [-0.2, -0.15) is 0 Å². The minimum absolute atomic E-state index is 0.0299. The van der Waals surface area contributed by atoms with Gasteiger partial charge in [0.05, 0.1) is 4.90 Å². The Kier molecular flexibility index (Phi) is 4.69. The monoisotopic (exact) mass is 344 g/mol. The van der Waals surface area contributed by atoms with E-state index in [4.69, 9.17) is 5.14 Å². The lowest BCUT2D eigenvalue weighted by molar-refractivity contribution is -0.121. The minimum atomic E-state index is -3.73. The van der Waals surface area contributed by atoms with Crippen LogP contribution in [0.4, 0.5) is 0 Å². The quantitative estimate of drug-likeness (QED) is 0.870. The van der Waals surface area contributed by atoms with Crippen LogP contribution in [0.1, 0.15) is 35.4 Å². The van der Waals surface area contributed by atoms with Crippen LogP contribution in [-0.2, 0) is 27.8 Å². The summed E-state index contributed by atoms with van der Waals surface area (Å²) < 4.78 is 22.7. The third-order valence-electron chi connectivity index (χ3n) is 4.41. The summed E-state index contributed by atoms with van der Waals surface area (Å²) in [7, 11) is -3.73. The summed E-state index contributed by atoms with van der Waals surface area (Å²) in [4.78, 5) is 12.3. The van der Waals surface area contributed by atoms with E-state index in [0.717, 1.165) is 12.8 Å². The molecule has 1 aliphatic rings. The molecule has 1 amide bonds. The number of amides is 1. The van der Waals surface area contributed by atoms with Crippen molar-refractivity contribution in [2.45, 2.75) is 36.6 Å². The smallest absolute Gasteiger partial charge is 0.238 e. The topological polar surface area (TPSA) is 89.3 Å². The number of sulfonamides is 1. The van der Waals surface area contributed by atoms with E-state index in [2.05, 4.69) is 17.4 Å². The van der Waals surface area contributed by atoms with Crippen LogP contribution >= 0.6 is 0 Å². The van der Waals surface area contributed by atoms with Crippen LogP contribution in [0.3, 0.4) is 0 Å². The largest absolute Gasteiger partial charge is 0.352 e. The molecule has 0 saturated heterocycles. The van der Waals surface area contributed by atoms with Gasteiger partial charge in [-0.05, 0) is 47.6 Å². The first-order valence-corrected chi connectivity index (χ1v) is 9.44. The third kappa shape index (κ3) is 3.83. The minimum Gasteiger partial charge on any atom is -0.352 e. The first-order valence-electron chi connectivity index (χ1n) is 7.90. The Balaban J connectivity index is 1.59. The van der Waals surface area contributed by atoms with Crippen LogP contribution in [0.2, 0.25) is 0 Å². The van der Waals surface area contributed by atoms with Gasteiger partial charge in [-0.25, -0.2) is 13.6 Å². The average molecular weight is 344 g/mol. The average Bonchev–Trinajstić information content (AvgIpc) is 2.96. The van der Waals surface area contributed by atoms with E-state index >= 15 is 0 Å². The van der Waals surface area contributed by atoms with Crippen LogP contribution in [0.15, 0.2) is 53.4 Å². The van der Waals surface area contributed by atoms with Crippen molar-refractivity contribution >= 4 is 15.9 Å². The van der Waals surface area contributed by atoms with Crippen LogP contribution in [0.5, 0.6) is 0 Å². The summed E-state index contributed by atoms with van der Waals surface area (Å²) in [6.45, 7) is 0.288. The second-order valence-electron chi connectivity index (χ2n) is 6.11. The van der Waals surface area contributed by atoms with Crippen molar-refractivity contribution in [2.75, 3.05) is 0 Å². The van der Waals surface area contributed by atoms with Gasteiger partial charge in [0.2, 0.25) is 15.9 Å². The highest BCUT2D eigenvalue weighted by Crippen LogP contribution is 2.35. The van der Waals surface area contributed by atoms with E-state index in [1.54, 1.807) is 12.1 Å². The maximum atomic E-state index is 12.2. The lowest BCUT2D eigenvalue weighted by atomic mass is 9.97. The maximum absolute atomic E-state index is 12.2. The molecule has 0 radical (unpaired) electrons. The van der Waals surface area contributed by atoms with E-state index in [1.165, 1.54) is 23.3 Å². The second kappa shape index (κ2) is 6.75. The molecule has 0 heterocycles. The van der Waals surface area contributed by atoms with Crippen molar-refractivity contribution in [3.8, 4) is 0 Å². The van der Waals surface area contributed by atoms with Gasteiger partial charge in [0.15, 0.2) is 0 Å². The number of benzene rings is 2. The molecule has 1 atom stereocenters. The van der Waals surface area contributed by atoms with Crippen LogP contribution in [0.25, 0.3) is 0 Å². The van der Waals surface area contributed by atoms with E-state index < -0.39 is 10.0 Å². The number of hydrogen-bond donors (Lipinski definition) is 2. The van der Waals surface area contributed by atoms with Gasteiger partial charge in [-0.1, -0.05) is 36.4 Å². The van der Waals surface area contributed by atoms with Gasteiger partial charge in [0.1, 0.15) is 0 Å². The summed E-state index contributed by atoms with van der Waals surface area (Å²) in [6, 6.07) is 14.6. The first kappa shape index (κ1) is 16.7. The normalized spacial score (nSPS) is 16.6. The molecule has 0 saturated carbocycles. The molecule has 24 heavy (non-hydrogen) atoms. The van der Waals surface area contributed by atoms with Gasteiger partial charge < -0.3 is 5.32 Å². The highest BCUT2D eigenvalue weighted by molar-refractivity contribution is 7.89. The standard InChI is InChI=1S/C18H20N2O3S/c19-24(22,23)16-6-3-4-13(10-16)12-20-18(21)11-15-9-8-14-5-1-2-7-17(14)15/h1-7,10,15H,8-9,11-12H2,(H,20,21)(H2,19,22,23)/t15-/m0/s1. The number of rotatable bonds is 5. The van der Waals surface area contributed by atoms with Crippen molar-refractivity contribution in [2.24, 2.45) is 5.14 Å². The highest BCUT2D eigenvalue weighted by atomic mass is 32.2. The van der Waals surface area contributed by atoms with Crippen LogP contribution in [0, 0.1) is 0 Å². The van der Waals surface area contributed by atoms with Crippen molar-refractivity contribution in [3.63, 3.8) is 0 Å². The highest BCUT2D eigenvalue weighted by Gasteiger charge is 2.24. The molecule has 6 heteroatoms. The fraction of sp³-hybridized carbons (Fsp3) is 0.278. The molecule has 2 aromatic carbocycles. The Labute approximate surface area is 141 Å². The van der Waals surface area contributed by atoms with E-state index in [0.29, 0.717) is 12.0 Å². The number of aryl methyl sites for hydroxylation is 1. The molecule has 0 fully saturated rings. The van der Waals surface area contributed by atoms with E-state index in [1.807, 2.05) is 12.1 Å². The number of nitrogens with one attached hydrogen (secondary N) is 1. The van der Waals surface area contributed by atoms with Gasteiger partial charge in [0.25, 0.3) is 0 Å². The zero-order valence-electron chi connectivity index (χ0n) is 13.2. The number of nitrogens with two attached hydrogens (primary N) is 1. The third-order valence-corrected chi connectivity index (χ3v) is 5.32. The van der Waals surface area contributed by atoms with Gasteiger partial charge in [-0.3, -0.25) is 4.79 Å². The molecule has 0 bridgehead atoms. The Bertz CT molecular complexity index is 862. The number of carbonyl (C=O) groups excluding carboxylic acids is 1. The van der Waals surface area contributed by atoms with Gasteiger partial charge in [0, 0.05) is 13.0 Å². The summed E-state index contributed by atoms with van der Waals surface area (Å²) in [5, 5.41) is 7.98. The number of hydrogen-bond acceptors (Lipinski definition) is 3. The number of primary sulfonamides is 1. The lowest BCUT2D eigenvalue weighted by Crippen LogP contribution is -2.24. The maximum Gasteiger partial charge on any atom is 0.238 e. The predicted molar refractivity (Wildman–Crippen MR) is 91.8 cm³/mol. The Morgan fingerprint density at radius 2 is 1.96 bits per heavy atom. The van der Waals surface area contributed by atoms with E-state index in [-0.39, 0.29) is 23.3 Å². The first-order chi connectivity index (χ1) is 11.4. The number of fused-ring (bicyclic) bond motifs is 1. The zero-order valence-corrected chi connectivity index (χ0v) is 14.1. The van der Waals surface area contributed by atoms with Crippen LogP contribution in [-0.4, -0.2) is 14.3 Å². The number of carbonyl (C=O) groups is 1. The Hall–Kier alpha value is -2.18. The van der Waals surface area contributed by atoms with Gasteiger partial charge in [-0.15, -0.1) is 0 Å². The van der Waals surface area contributed by atoms with E-state index in [9.17, 15) is 13.2 Å². The van der Waals surface area contributed by atoms with Crippen molar-refractivity contribution < 1.29 is 13.2 Å². The molecule has 0 aromatic heterocycles.